The summed E-state index contributed by atoms with van der Waals surface area (Å²) in [6.07, 6.45) is 5.39. The number of benzene rings is 1. The Morgan fingerprint density at radius 1 is 1.04 bits per heavy atom. The summed E-state index contributed by atoms with van der Waals surface area (Å²) in [6.45, 7) is 2.00. The van der Waals surface area contributed by atoms with Crippen LogP contribution in [0.3, 0.4) is 0 Å². The Bertz CT molecular complexity index is 807. The lowest BCUT2D eigenvalue weighted by atomic mass is 9.89. The van der Waals surface area contributed by atoms with E-state index in [-0.39, 0.29) is 5.82 Å². The van der Waals surface area contributed by atoms with Gasteiger partial charge in [-0.05, 0) is 56.3 Å². The smallest absolute Gasteiger partial charge is 0.123 e. The average Bonchev–Trinajstić information content (AvgIpc) is 3.09. The van der Waals surface area contributed by atoms with E-state index in [0.29, 0.717) is 5.92 Å². The number of halogens is 1. The van der Waals surface area contributed by atoms with Gasteiger partial charge in [0.1, 0.15) is 17.8 Å². The van der Waals surface area contributed by atoms with Gasteiger partial charge in [-0.1, -0.05) is 0 Å². The molecule has 1 aliphatic heterocycles. The van der Waals surface area contributed by atoms with Crippen molar-refractivity contribution in [1.82, 2.24) is 25.5 Å². The lowest BCUT2D eigenvalue weighted by molar-refractivity contribution is 0.453. The van der Waals surface area contributed by atoms with Crippen molar-refractivity contribution < 1.29 is 4.39 Å². The van der Waals surface area contributed by atoms with Crippen LogP contribution in [0.4, 0.5) is 4.39 Å². The topological polar surface area (TPSA) is 66.5 Å². The van der Waals surface area contributed by atoms with Gasteiger partial charge in [-0.15, -0.1) is 0 Å². The van der Waals surface area contributed by atoms with Crippen LogP contribution in [0, 0.1) is 5.82 Å². The van der Waals surface area contributed by atoms with E-state index in [1.807, 2.05) is 6.07 Å². The number of aromatic amines is 1. The molecule has 0 bridgehead atoms. The zero-order valence-electron chi connectivity index (χ0n) is 13.2. The van der Waals surface area contributed by atoms with Crippen LogP contribution in [0.1, 0.15) is 24.5 Å². The van der Waals surface area contributed by atoms with Crippen LogP contribution >= 0.6 is 0 Å². The zero-order chi connectivity index (χ0) is 16.4. The van der Waals surface area contributed by atoms with E-state index >= 15 is 0 Å². The molecule has 0 saturated carbocycles. The highest BCUT2D eigenvalue weighted by Gasteiger charge is 2.25. The maximum absolute atomic E-state index is 13.3. The molecule has 6 heteroatoms. The first-order chi connectivity index (χ1) is 11.8. The summed E-state index contributed by atoms with van der Waals surface area (Å²) in [5.74, 6) is 0.161. The third-order valence-corrected chi connectivity index (χ3v) is 4.50. The minimum atomic E-state index is -0.253. The third-order valence-electron chi connectivity index (χ3n) is 4.50. The highest BCUT2D eigenvalue weighted by molar-refractivity contribution is 5.81. The Balaban J connectivity index is 1.84. The first-order valence-corrected chi connectivity index (χ1v) is 8.14. The van der Waals surface area contributed by atoms with Gasteiger partial charge in [-0.3, -0.25) is 5.10 Å². The third kappa shape index (κ3) is 2.80. The fourth-order valence-corrected chi connectivity index (χ4v) is 3.28. The van der Waals surface area contributed by atoms with Gasteiger partial charge in [0.15, 0.2) is 0 Å². The normalized spacial score (nSPS) is 15.5. The number of hydrogen-bond acceptors (Lipinski definition) is 4. The number of rotatable bonds is 3. The number of nitrogens with one attached hydrogen (secondary N) is 2. The van der Waals surface area contributed by atoms with E-state index in [0.717, 1.165) is 54.1 Å². The van der Waals surface area contributed by atoms with Gasteiger partial charge < -0.3 is 5.32 Å². The molecule has 3 aromatic rings. The monoisotopic (exact) mass is 323 g/mol. The van der Waals surface area contributed by atoms with Crippen molar-refractivity contribution in [2.24, 2.45) is 0 Å². The molecule has 0 amide bonds. The first-order valence-electron chi connectivity index (χ1n) is 8.14. The molecule has 5 nitrogen and oxygen atoms in total. The van der Waals surface area contributed by atoms with Crippen molar-refractivity contribution in [3.8, 4) is 22.5 Å². The van der Waals surface area contributed by atoms with Crippen LogP contribution in [0.15, 0.2) is 42.9 Å². The summed E-state index contributed by atoms with van der Waals surface area (Å²) >= 11 is 0. The molecule has 3 heterocycles. The highest BCUT2D eigenvalue weighted by Crippen LogP contribution is 2.38. The van der Waals surface area contributed by atoms with Crippen LogP contribution in [-0.2, 0) is 0 Å². The van der Waals surface area contributed by atoms with Crippen LogP contribution in [0.25, 0.3) is 22.5 Å². The molecule has 0 aliphatic carbocycles. The zero-order valence-corrected chi connectivity index (χ0v) is 13.2. The standard InChI is InChI=1S/C18H18FN5/c19-14-3-1-12(2-4-14)17-16(15-7-10-21-11-22-15)18(24-23-17)13-5-8-20-9-6-13/h1-4,7,10-11,13,20H,5-6,8-9H2,(H,23,24). The molecule has 2 N–H and O–H groups in total. The van der Waals surface area contributed by atoms with Crippen LogP contribution in [0.5, 0.6) is 0 Å². The minimum Gasteiger partial charge on any atom is -0.317 e. The Morgan fingerprint density at radius 3 is 2.54 bits per heavy atom. The Hall–Kier alpha value is -2.60. The van der Waals surface area contributed by atoms with Crippen molar-refractivity contribution in [3.05, 3.63) is 54.4 Å². The predicted molar refractivity (Wildman–Crippen MR) is 89.9 cm³/mol. The fourth-order valence-electron chi connectivity index (χ4n) is 3.28. The molecule has 4 rings (SSSR count). The lowest BCUT2D eigenvalue weighted by Gasteiger charge is -2.22. The molecule has 1 aliphatic rings. The van der Waals surface area contributed by atoms with E-state index in [9.17, 15) is 4.39 Å². The second-order valence-electron chi connectivity index (χ2n) is 5.99. The molecular weight excluding hydrogens is 305 g/mol. The molecule has 122 valence electrons. The van der Waals surface area contributed by atoms with Crippen molar-refractivity contribution in [3.63, 3.8) is 0 Å². The van der Waals surface area contributed by atoms with Crippen molar-refractivity contribution in [2.75, 3.05) is 13.1 Å². The summed E-state index contributed by atoms with van der Waals surface area (Å²) in [4.78, 5) is 8.43. The average molecular weight is 323 g/mol. The fraction of sp³-hybridized carbons (Fsp3) is 0.278. The summed E-state index contributed by atoms with van der Waals surface area (Å²) in [7, 11) is 0. The molecular formula is C18H18FN5. The maximum Gasteiger partial charge on any atom is 0.123 e. The molecule has 0 spiro atoms. The molecule has 2 aromatic heterocycles. The van der Waals surface area contributed by atoms with Gasteiger partial charge in [-0.25, -0.2) is 14.4 Å². The molecule has 0 unspecified atom stereocenters. The molecule has 24 heavy (non-hydrogen) atoms. The Morgan fingerprint density at radius 2 is 1.83 bits per heavy atom. The second-order valence-corrected chi connectivity index (χ2v) is 5.99. The summed E-state index contributed by atoms with van der Waals surface area (Å²) in [6, 6.07) is 8.31. The van der Waals surface area contributed by atoms with Gasteiger partial charge in [0, 0.05) is 28.9 Å². The molecule has 1 saturated heterocycles. The second kappa shape index (κ2) is 6.49. The number of aromatic nitrogens is 4. The molecule has 0 atom stereocenters. The minimum absolute atomic E-state index is 0.253. The molecule has 0 radical (unpaired) electrons. The first kappa shape index (κ1) is 15.0. The number of H-pyrrole nitrogens is 1. The SMILES string of the molecule is Fc1ccc(-c2n[nH]c(C3CCNCC3)c2-c2ccncn2)cc1. The van der Waals surface area contributed by atoms with E-state index in [2.05, 4.69) is 25.5 Å². The van der Waals surface area contributed by atoms with E-state index in [4.69, 9.17) is 0 Å². The largest absolute Gasteiger partial charge is 0.317 e. The maximum atomic E-state index is 13.3. The summed E-state index contributed by atoms with van der Waals surface area (Å²) < 4.78 is 13.3. The number of piperidine rings is 1. The van der Waals surface area contributed by atoms with Crippen molar-refractivity contribution >= 4 is 0 Å². The Kier molecular flexibility index (Phi) is 4.04. The van der Waals surface area contributed by atoms with Gasteiger partial charge in [-0.2, -0.15) is 5.10 Å². The van der Waals surface area contributed by atoms with Gasteiger partial charge in [0.2, 0.25) is 0 Å². The quantitative estimate of drug-likeness (QED) is 0.777. The number of nitrogens with zero attached hydrogens (tertiary/aromatic N) is 3. The van der Waals surface area contributed by atoms with Gasteiger partial charge >= 0.3 is 0 Å². The van der Waals surface area contributed by atoms with E-state index < -0.39 is 0 Å². The van der Waals surface area contributed by atoms with E-state index in [1.165, 1.54) is 12.1 Å². The van der Waals surface area contributed by atoms with Gasteiger partial charge in [0.05, 0.1) is 5.69 Å². The Labute approximate surface area is 139 Å². The summed E-state index contributed by atoms with van der Waals surface area (Å²) in [5, 5.41) is 11.1. The van der Waals surface area contributed by atoms with Crippen LogP contribution in [0.2, 0.25) is 0 Å². The van der Waals surface area contributed by atoms with Crippen molar-refractivity contribution in [2.45, 2.75) is 18.8 Å². The van der Waals surface area contributed by atoms with E-state index in [1.54, 1.807) is 24.7 Å². The highest BCUT2D eigenvalue weighted by atomic mass is 19.1. The van der Waals surface area contributed by atoms with Crippen LogP contribution in [-0.4, -0.2) is 33.3 Å². The number of hydrogen-bond donors (Lipinski definition) is 2. The van der Waals surface area contributed by atoms with Crippen molar-refractivity contribution in [1.29, 1.82) is 0 Å². The van der Waals surface area contributed by atoms with Crippen LogP contribution < -0.4 is 5.32 Å². The predicted octanol–water partition coefficient (Wildman–Crippen LogP) is 3.14. The summed E-state index contributed by atoms with van der Waals surface area (Å²) in [5.41, 5.74) is 4.63. The molecule has 1 aromatic carbocycles. The molecule has 1 fully saturated rings. The van der Waals surface area contributed by atoms with Gasteiger partial charge in [0.25, 0.3) is 0 Å². The lowest BCUT2D eigenvalue weighted by Crippen LogP contribution is -2.27.